The topological polar surface area (TPSA) is 60.9 Å². The molecule has 25 heavy (non-hydrogen) atoms. The first kappa shape index (κ1) is 19.7. The van der Waals surface area contributed by atoms with Crippen molar-refractivity contribution in [2.75, 3.05) is 43.3 Å². The molecule has 0 bridgehead atoms. The molecule has 1 saturated heterocycles. The van der Waals surface area contributed by atoms with Crippen molar-refractivity contribution >= 4 is 21.6 Å². The molecule has 0 aliphatic carbocycles. The molecule has 1 heterocycles. The van der Waals surface area contributed by atoms with E-state index in [4.69, 9.17) is 0 Å². The van der Waals surface area contributed by atoms with Crippen LogP contribution in [0, 0.1) is 13.8 Å². The molecular weight excluding hydrogens is 338 g/mol. The van der Waals surface area contributed by atoms with Crippen LogP contribution < -0.4 is 4.31 Å². The number of sulfonamides is 1. The van der Waals surface area contributed by atoms with Gasteiger partial charge in [-0.1, -0.05) is 13.0 Å². The molecule has 2 rings (SSSR count). The van der Waals surface area contributed by atoms with E-state index in [9.17, 15) is 13.2 Å². The second kappa shape index (κ2) is 7.74. The fraction of sp³-hybridized carbons (Fsp3) is 0.611. The number of benzene rings is 1. The Bertz CT molecular complexity index is 725. The number of rotatable bonds is 5. The van der Waals surface area contributed by atoms with Crippen molar-refractivity contribution in [1.29, 1.82) is 0 Å². The molecule has 1 aliphatic heterocycles. The predicted octanol–water partition coefficient (Wildman–Crippen LogP) is 1.62. The number of carbonyl (C=O) groups is 1. The number of piperazine rings is 1. The van der Waals surface area contributed by atoms with E-state index in [0.29, 0.717) is 18.8 Å². The van der Waals surface area contributed by atoms with Crippen molar-refractivity contribution in [2.24, 2.45) is 0 Å². The van der Waals surface area contributed by atoms with Gasteiger partial charge in [0, 0.05) is 26.2 Å². The van der Waals surface area contributed by atoms with Gasteiger partial charge < -0.3 is 9.80 Å². The molecule has 1 aromatic carbocycles. The molecule has 0 aromatic heterocycles. The lowest BCUT2D eigenvalue weighted by atomic mass is 10.1. The lowest BCUT2D eigenvalue weighted by molar-refractivity contribution is -0.133. The van der Waals surface area contributed by atoms with E-state index in [2.05, 4.69) is 11.8 Å². The third kappa shape index (κ3) is 4.52. The van der Waals surface area contributed by atoms with Crippen LogP contribution in [0.3, 0.4) is 0 Å². The van der Waals surface area contributed by atoms with E-state index in [-0.39, 0.29) is 5.91 Å². The zero-order valence-electron chi connectivity index (χ0n) is 15.8. The van der Waals surface area contributed by atoms with Gasteiger partial charge in [-0.2, -0.15) is 0 Å². The first-order valence-electron chi connectivity index (χ1n) is 8.73. The maximum Gasteiger partial charge on any atom is 0.246 e. The van der Waals surface area contributed by atoms with Crippen molar-refractivity contribution in [3.05, 3.63) is 29.3 Å². The average molecular weight is 368 g/mol. The minimum absolute atomic E-state index is 0.139. The van der Waals surface area contributed by atoms with Gasteiger partial charge in [0.2, 0.25) is 15.9 Å². The van der Waals surface area contributed by atoms with Crippen LogP contribution in [0.5, 0.6) is 0 Å². The second-order valence-corrected chi connectivity index (χ2v) is 8.62. The summed E-state index contributed by atoms with van der Waals surface area (Å²) in [6.45, 7) is 11.6. The zero-order valence-corrected chi connectivity index (χ0v) is 16.6. The number of hydrogen-bond donors (Lipinski definition) is 0. The molecule has 1 amide bonds. The lowest BCUT2D eigenvalue weighted by Crippen LogP contribution is -2.55. The molecule has 0 N–H and O–H groups in total. The molecule has 1 fully saturated rings. The Balaban J connectivity index is 2.26. The van der Waals surface area contributed by atoms with Gasteiger partial charge in [-0.05, 0) is 50.6 Å². The van der Waals surface area contributed by atoms with Gasteiger partial charge in [-0.3, -0.25) is 9.10 Å². The van der Waals surface area contributed by atoms with E-state index in [1.54, 1.807) is 17.9 Å². The molecule has 1 aromatic rings. The van der Waals surface area contributed by atoms with E-state index in [0.717, 1.165) is 37.0 Å². The monoisotopic (exact) mass is 367 g/mol. The summed E-state index contributed by atoms with van der Waals surface area (Å²) < 4.78 is 26.0. The molecule has 0 spiro atoms. The second-order valence-electron chi connectivity index (χ2n) is 6.76. The molecule has 140 valence electrons. The zero-order chi connectivity index (χ0) is 18.8. The highest BCUT2D eigenvalue weighted by atomic mass is 32.2. The lowest BCUT2D eigenvalue weighted by Gasteiger charge is -2.37. The van der Waals surface area contributed by atoms with Crippen LogP contribution in [0.1, 0.15) is 25.0 Å². The van der Waals surface area contributed by atoms with E-state index in [1.807, 2.05) is 26.0 Å². The van der Waals surface area contributed by atoms with Crippen LogP contribution in [-0.2, 0) is 14.8 Å². The normalized spacial score (nSPS) is 17.4. The molecule has 0 saturated carbocycles. The predicted molar refractivity (Wildman–Crippen MR) is 101 cm³/mol. The number of aryl methyl sites for hydroxylation is 2. The van der Waals surface area contributed by atoms with E-state index in [1.165, 1.54) is 4.31 Å². The van der Waals surface area contributed by atoms with Crippen molar-refractivity contribution in [1.82, 2.24) is 9.80 Å². The summed E-state index contributed by atoms with van der Waals surface area (Å²) in [6.07, 6.45) is 1.15. The Kier molecular flexibility index (Phi) is 6.11. The highest BCUT2D eigenvalue weighted by Gasteiger charge is 2.33. The minimum Gasteiger partial charge on any atom is -0.338 e. The third-order valence-corrected chi connectivity index (χ3v) is 6.18. The van der Waals surface area contributed by atoms with Gasteiger partial charge >= 0.3 is 0 Å². The molecular formula is C18H29N3O3S. The molecule has 1 atom stereocenters. The summed E-state index contributed by atoms with van der Waals surface area (Å²) >= 11 is 0. The number of anilines is 1. The van der Waals surface area contributed by atoms with Gasteiger partial charge in [0.15, 0.2) is 0 Å². The quantitative estimate of drug-likeness (QED) is 0.793. The molecule has 7 heteroatoms. The Labute approximate surface area is 151 Å². The van der Waals surface area contributed by atoms with Crippen LogP contribution in [0.25, 0.3) is 0 Å². The smallest absolute Gasteiger partial charge is 0.246 e. The summed E-state index contributed by atoms with van der Waals surface area (Å²) in [5.41, 5.74) is 2.63. The summed E-state index contributed by atoms with van der Waals surface area (Å²) in [5, 5.41) is 0. The Morgan fingerprint density at radius 1 is 1.16 bits per heavy atom. The third-order valence-electron chi connectivity index (χ3n) is 4.94. The molecule has 6 nitrogen and oxygen atoms in total. The number of nitrogens with zero attached hydrogens (tertiary/aromatic N) is 3. The van der Waals surface area contributed by atoms with Gasteiger partial charge in [-0.25, -0.2) is 8.42 Å². The summed E-state index contributed by atoms with van der Waals surface area (Å²) in [7, 11) is -3.57. The van der Waals surface area contributed by atoms with Crippen LogP contribution in [0.15, 0.2) is 18.2 Å². The average Bonchev–Trinajstić information content (AvgIpc) is 2.56. The Hall–Kier alpha value is -1.60. The highest BCUT2D eigenvalue weighted by molar-refractivity contribution is 7.92. The van der Waals surface area contributed by atoms with Gasteiger partial charge in [0.05, 0.1) is 11.9 Å². The number of hydrogen-bond acceptors (Lipinski definition) is 4. The van der Waals surface area contributed by atoms with Gasteiger partial charge in [-0.15, -0.1) is 0 Å². The SMILES string of the molecule is CCN1CCN(C(=O)[C@@H](C)N(c2ccc(C)c(C)c2)S(C)(=O)=O)CC1. The highest BCUT2D eigenvalue weighted by Crippen LogP contribution is 2.24. The first-order chi connectivity index (χ1) is 11.6. The largest absolute Gasteiger partial charge is 0.338 e. The van der Waals surface area contributed by atoms with Crippen molar-refractivity contribution in [2.45, 2.75) is 33.7 Å². The van der Waals surface area contributed by atoms with Crippen molar-refractivity contribution in [3.63, 3.8) is 0 Å². The summed E-state index contributed by atoms with van der Waals surface area (Å²) in [4.78, 5) is 17.0. The molecule has 1 aliphatic rings. The fourth-order valence-electron chi connectivity index (χ4n) is 3.21. The molecule has 0 radical (unpaired) electrons. The Morgan fingerprint density at radius 2 is 1.76 bits per heavy atom. The Morgan fingerprint density at radius 3 is 2.24 bits per heavy atom. The van der Waals surface area contributed by atoms with Crippen LogP contribution >= 0.6 is 0 Å². The first-order valence-corrected chi connectivity index (χ1v) is 10.6. The standard InChI is InChI=1S/C18H29N3O3S/c1-6-19-9-11-20(12-10-19)18(22)16(4)21(25(5,23)24)17-8-7-14(2)15(3)13-17/h7-8,13,16H,6,9-12H2,1-5H3/t16-/m1/s1. The summed E-state index contributed by atoms with van der Waals surface area (Å²) in [6, 6.07) is 4.72. The minimum atomic E-state index is -3.57. The van der Waals surface area contributed by atoms with Gasteiger partial charge in [0.1, 0.15) is 6.04 Å². The number of carbonyl (C=O) groups excluding carboxylic acids is 1. The van der Waals surface area contributed by atoms with Crippen LogP contribution in [0.2, 0.25) is 0 Å². The van der Waals surface area contributed by atoms with E-state index >= 15 is 0 Å². The van der Waals surface area contributed by atoms with Crippen molar-refractivity contribution < 1.29 is 13.2 Å². The fourth-order valence-corrected chi connectivity index (χ4v) is 4.38. The molecule has 0 unspecified atom stereocenters. The van der Waals surface area contributed by atoms with Crippen molar-refractivity contribution in [3.8, 4) is 0 Å². The number of likely N-dealkylation sites (N-methyl/N-ethyl adjacent to an activating group) is 1. The maximum absolute atomic E-state index is 12.9. The van der Waals surface area contributed by atoms with Crippen LogP contribution in [0.4, 0.5) is 5.69 Å². The summed E-state index contributed by atoms with van der Waals surface area (Å²) in [5.74, 6) is -0.139. The van der Waals surface area contributed by atoms with Crippen LogP contribution in [-0.4, -0.2) is 69.1 Å². The van der Waals surface area contributed by atoms with Gasteiger partial charge in [0.25, 0.3) is 0 Å². The van der Waals surface area contributed by atoms with E-state index < -0.39 is 16.1 Å². The maximum atomic E-state index is 12.9. The number of amides is 1.